The van der Waals surface area contributed by atoms with Crippen molar-refractivity contribution in [2.75, 3.05) is 6.61 Å². The van der Waals surface area contributed by atoms with E-state index in [0.717, 1.165) is 32.1 Å². The Hall–Kier alpha value is -1.46. The lowest BCUT2D eigenvalue weighted by atomic mass is 9.95. The lowest BCUT2D eigenvalue weighted by Crippen LogP contribution is -2.32. The van der Waals surface area contributed by atoms with Crippen molar-refractivity contribution in [2.45, 2.75) is 84.5 Å². The Balaban J connectivity index is 2.23. The summed E-state index contributed by atoms with van der Waals surface area (Å²) in [6.07, 6.45) is 2.67. The van der Waals surface area contributed by atoms with Crippen LogP contribution < -0.4 is 0 Å². The summed E-state index contributed by atoms with van der Waals surface area (Å²) in [5, 5.41) is 0. The van der Waals surface area contributed by atoms with Crippen LogP contribution in [0, 0.1) is 5.92 Å². The first-order valence-electron chi connectivity index (χ1n) is 8.57. The molecule has 0 heterocycles. The van der Waals surface area contributed by atoms with Crippen LogP contribution in [0.3, 0.4) is 0 Å². The smallest absolute Gasteiger partial charge is 0.434 e. The van der Waals surface area contributed by atoms with Gasteiger partial charge in [0.15, 0.2) is 0 Å². The zero-order chi connectivity index (χ0) is 17.2. The number of hydrogen-bond donors (Lipinski definition) is 0. The van der Waals surface area contributed by atoms with E-state index in [0.29, 0.717) is 18.9 Å². The monoisotopic (exact) mass is 330 g/mol. The van der Waals surface area contributed by atoms with Crippen LogP contribution >= 0.6 is 0 Å². The zero-order valence-electron chi connectivity index (χ0n) is 14.7. The van der Waals surface area contributed by atoms with E-state index in [9.17, 15) is 9.59 Å². The fourth-order valence-corrected chi connectivity index (χ4v) is 2.49. The summed E-state index contributed by atoms with van der Waals surface area (Å²) in [6, 6.07) is 0. The van der Waals surface area contributed by atoms with Crippen molar-refractivity contribution >= 4 is 12.3 Å². The van der Waals surface area contributed by atoms with Crippen LogP contribution in [0.15, 0.2) is 0 Å². The fourth-order valence-electron chi connectivity index (χ4n) is 2.49. The van der Waals surface area contributed by atoms with Crippen LogP contribution in [-0.4, -0.2) is 37.2 Å². The molecule has 1 aliphatic rings. The average Bonchev–Trinajstić information content (AvgIpc) is 2.42. The Morgan fingerprint density at radius 2 is 1.61 bits per heavy atom. The molecule has 0 N–H and O–H groups in total. The quantitative estimate of drug-likeness (QED) is 0.507. The normalized spacial score (nSPS) is 21.1. The molecule has 0 aliphatic heterocycles. The van der Waals surface area contributed by atoms with E-state index in [4.69, 9.17) is 18.9 Å². The molecule has 0 bridgehead atoms. The van der Waals surface area contributed by atoms with E-state index in [1.54, 1.807) is 13.8 Å². The summed E-state index contributed by atoms with van der Waals surface area (Å²) in [5.74, 6) is 0.594. The van der Waals surface area contributed by atoms with Gasteiger partial charge in [-0.15, -0.1) is 0 Å². The molecular weight excluding hydrogens is 300 g/mol. The number of carbonyl (C=O) groups is 2. The minimum atomic E-state index is -0.665. The molecule has 0 aromatic heterocycles. The van der Waals surface area contributed by atoms with Gasteiger partial charge >= 0.3 is 12.3 Å². The van der Waals surface area contributed by atoms with Crippen LogP contribution in [0.25, 0.3) is 0 Å². The molecule has 23 heavy (non-hydrogen) atoms. The van der Waals surface area contributed by atoms with Crippen molar-refractivity contribution in [2.24, 2.45) is 5.92 Å². The maximum absolute atomic E-state index is 11.7. The predicted octanol–water partition coefficient (Wildman–Crippen LogP) is 4.45. The van der Waals surface area contributed by atoms with Crippen LogP contribution in [-0.2, 0) is 18.9 Å². The van der Waals surface area contributed by atoms with Gasteiger partial charge in [-0.1, -0.05) is 13.8 Å². The van der Waals surface area contributed by atoms with Crippen molar-refractivity contribution < 1.29 is 28.5 Å². The number of rotatable bonds is 7. The maximum Gasteiger partial charge on any atom is 0.508 e. The van der Waals surface area contributed by atoms with Gasteiger partial charge in [0.25, 0.3) is 0 Å². The van der Waals surface area contributed by atoms with Crippen LogP contribution in [0.4, 0.5) is 9.59 Å². The van der Waals surface area contributed by atoms with E-state index >= 15 is 0 Å². The molecule has 1 saturated carbocycles. The first kappa shape index (κ1) is 19.6. The van der Waals surface area contributed by atoms with Crippen molar-refractivity contribution in [3.8, 4) is 0 Å². The highest BCUT2D eigenvalue weighted by Crippen LogP contribution is 2.24. The standard InChI is InChI=1S/C17H30O6/c1-12(2)7-6-10-20-16(18)22-14-8-5-9-15(11-14)23-17(19)21-13(3)4/h12-15H,5-11H2,1-4H3. The molecule has 1 fully saturated rings. The first-order chi connectivity index (χ1) is 10.9. The Morgan fingerprint density at radius 1 is 1.00 bits per heavy atom. The second kappa shape index (κ2) is 10.3. The summed E-state index contributed by atoms with van der Waals surface area (Å²) < 4.78 is 20.6. The fraction of sp³-hybridized carbons (Fsp3) is 0.882. The van der Waals surface area contributed by atoms with Crippen molar-refractivity contribution in [1.82, 2.24) is 0 Å². The van der Waals surface area contributed by atoms with Gasteiger partial charge in [-0.3, -0.25) is 0 Å². The largest absolute Gasteiger partial charge is 0.508 e. The van der Waals surface area contributed by atoms with E-state index in [2.05, 4.69) is 13.8 Å². The van der Waals surface area contributed by atoms with E-state index in [1.807, 2.05) is 0 Å². The third-order valence-electron chi connectivity index (χ3n) is 3.58. The van der Waals surface area contributed by atoms with Gasteiger partial charge in [0.2, 0.25) is 0 Å². The number of carbonyl (C=O) groups excluding carboxylic acids is 2. The molecule has 1 aliphatic carbocycles. The number of hydrogen-bond acceptors (Lipinski definition) is 6. The number of ether oxygens (including phenoxy) is 4. The van der Waals surface area contributed by atoms with E-state index in [-0.39, 0.29) is 18.3 Å². The lowest BCUT2D eigenvalue weighted by molar-refractivity contribution is -0.0401. The minimum Gasteiger partial charge on any atom is -0.434 e. The van der Waals surface area contributed by atoms with Crippen molar-refractivity contribution in [3.05, 3.63) is 0 Å². The molecular formula is C17H30O6. The Bertz CT molecular complexity index is 366. The highest BCUT2D eigenvalue weighted by Gasteiger charge is 2.28. The highest BCUT2D eigenvalue weighted by molar-refractivity contribution is 5.60. The summed E-state index contributed by atoms with van der Waals surface area (Å²) in [4.78, 5) is 23.2. The molecule has 0 amide bonds. The Kier molecular flexibility index (Phi) is 8.81. The van der Waals surface area contributed by atoms with Gasteiger partial charge in [-0.25, -0.2) is 9.59 Å². The molecule has 6 nitrogen and oxygen atoms in total. The summed E-state index contributed by atoms with van der Waals surface area (Å²) >= 11 is 0. The second-order valence-corrected chi connectivity index (χ2v) is 6.70. The molecule has 1 rings (SSSR count). The van der Waals surface area contributed by atoms with Crippen molar-refractivity contribution in [3.63, 3.8) is 0 Å². The molecule has 6 heteroatoms. The van der Waals surface area contributed by atoms with Gasteiger partial charge < -0.3 is 18.9 Å². The molecule has 2 unspecified atom stereocenters. The topological polar surface area (TPSA) is 71.1 Å². The lowest BCUT2D eigenvalue weighted by Gasteiger charge is -2.28. The molecule has 0 aromatic rings. The molecule has 0 saturated heterocycles. The molecule has 134 valence electrons. The molecule has 2 atom stereocenters. The Morgan fingerprint density at radius 3 is 2.17 bits per heavy atom. The van der Waals surface area contributed by atoms with E-state index < -0.39 is 12.3 Å². The van der Waals surface area contributed by atoms with Gasteiger partial charge in [0.1, 0.15) is 12.2 Å². The molecule has 0 radical (unpaired) electrons. The van der Waals surface area contributed by atoms with E-state index in [1.165, 1.54) is 0 Å². The maximum atomic E-state index is 11.7. The van der Waals surface area contributed by atoms with Crippen molar-refractivity contribution in [1.29, 1.82) is 0 Å². The van der Waals surface area contributed by atoms with Gasteiger partial charge in [-0.2, -0.15) is 0 Å². The van der Waals surface area contributed by atoms with Gasteiger partial charge in [0.05, 0.1) is 12.7 Å². The van der Waals surface area contributed by atoms with Gasteiger partial charge in [0, 0.05) is 6.42 Å². The molecule has 0 spiro atoms. The van der Waals surface area contributed by atoms with Crippen LogP contribution in [0.5, 0.6) is 0 Å². The van der Waals surface area contributed by atoms with Crippen LogP contribution in [0.2, 0.25) is 0 Å². The summed E-state index contributed by atoms with van der Waals surface area (Å²) in [5.41, 5.74) is 0. The highest BCUT2D eigenvalue weighted by atomic mass is 16.7. The minimum absolute atomic E-state index is 0.209. The third kappa shape index (κ3) is 9.31. The summed E-state index contributed by atoms with van der Waals surface area (Å²) in [7, 11) is 0. The first-order valence-corrected chi connectivity index (χ1v) is 8.57. The summed E-state index contributed by atoms with van der Waals surface area (Å²) in [6.45, 7) is 8.17. The second-order valence-electron chi connectivity index (χ2n) is 6.70. The average molecular weight is 330 g/mol. The Labute approximate surface area is 138 Å². The van der Waals surface area contributed by atoms with Gasteiger partial charge in [-0.05, 0) is 51.9 Å². The third-order valence-corrected chi connectivity index (χ3v) is 3.58. The predicted molar refractivity (Wildman–Crippen MR) is 85.3 cm³/mol. The van der Waals surface area contributed by atoms with Crippen LogP contribution in [0.1, 0.15) is 66.2 Å². The zero-order valence-corrected chi connectivity index (χ0v) is 14.7. The SMILES string of the molecule is CC(C)CCCOC(=O)OC1CCCC(OC(=O)OC(C)C)C1. The molecule has 0 aromatic carbocycles.